The van der Waals surface area contributed by atoms with Gasteiger partial charge in [-0.1, -0.05) is 17.7 Å². The number of phenolic OH excluding ortho intramolecular Hbond substituents is 4. The average Bonchev–Trinajstić information content (AvgIpc) is 3.52. The quantitative estimate of drug-likeness (QED) is 0.124. The van der Waals surface area contributed by atoms with E-state index in [1.807, 2.05) is 0 Å². The first-order valence-electron chi connectivity index (χ1n) is 16.6. The lowest BCUT2D eigenvalue weighted by Gasteiger charge is -2.36. The van der Waals surface area contributed by atoms with E-state index in [4.69, 9.17) is 16.3 Å². The van der Waals surface area contributed by atoms with Crippen molar-refractivity contribution < 1.29 is 68.0 Å². The van der Waals surface area contributed by atoms with Crippen LogP contribution in [-0.2, 0) is 11.2 Å². The van der Waals surface area contributed by atoms with Crippen molar-refractivity contribution >= 4 is 54.4 Å². The fourth-order valence-electron chi connectivity index (χ4n) is 6.68. The highest BCUT2D eigenvalue weighted by Gasteiger charge is 2.43. The molecule has 3 aromatic rings. The van der Waals surface area contributed by atoms with Crippen LogP contribution in [0.1, 0.15) is 40.4 Å². The second kappa shape index (κ2) is 15.3. The molecular weight excluding hydrogens is 757 g/mol. The van der Waals surface area contributed by atoms with E-state index in [1.165, 1.54) is 28.0 Å². The molecule has 2 fully saturated rings. The van der Waals surface area contributed by atoms with E-state index in [9.17, 15) is 63.3 Å². The Morgan fingerprint density at radius 2 is 1.58 bits per heavy atom. The van der Waals surface area contributed by atoms with Gasteiger partial charge in [0.15, 0.2) is 17.3 Å². The number of urea groups is 3. The molecule has 0 aliphatic carbocycles. The number of nitrogens with one attached hydrogen (secondary N) is 3. The molecule has 3 aliphatic heterocycles. The molecule has 0 bridgehead atoms. The van der Waals surface area contributed by atoms with E-state index in [2.05, 4.69) is 16.0 Å². The van der Waals surface area contributed by atoms with Crippen molar-refractivity contribution in [2.45, 2.75) is 37.3 Å². The molecule has 0 aromatic heterocycles. The largest absolute Gasteiger partial charge is 0.547 e. The standard InChI is InChI=1S/C33H32BClF2N6O12/c35-24-19(13-21(37)26(46)27(24)47)25(29(48)39-22-9-14-1-2-20(36)23(30(49)50)28(14)55-34(22)54)40-32(52)43-8-7-42(33(43)53)16-3-5-41(6-4-16)31(51)38-15-10-17(44)12-18(45)11-15/h1-2,10-13,16,22,25,44-47,54H,3-9H2,(H,38,51)(H,39,48)(H,40,52)(H,49,50)/t22-,25?/m0/s1. The van der Waals surface area contributed by atoms with Crippen LogP contribution in [-0.4, -0.2) is 121 Å². The number of phenols is 4. The number of fused-ring (bicyclic) bond motifs is 1. The molecule has 3 heterocycles. The minimum atomic E-state index is -1.98. The molecule has 290 valence electrons. The summed E-state index contributed by atoms with van der Waals surface area (Å²) in [6, 6.07) is 1.43. The smallest absolute Gasteiger partial charge is 0.534 e. The molecule has 1 unspecified atom stereocenters. The lowest BCUT2D eigenvalue weighted by Crippen LogP contribution is -2.56. The molecule has 0 radical (unpaired) electrons. The molecule has 2 atom stereocenters. The molecule has 0 saturated carbocycles. The number of carbonyl (C=O) groups is 5. The predicted molar refractivity (Wildman–Crippen MR) is 186 cm³/mol. The van der Waals surface area contributed by atoms with Crippen LogP contribution in [0, 0.1) is 11.6 Å². The Hall–Kier alpha value is -6.22. The van der Waals surface area contributed by atoms with Crippen LogP contribution in [0.25, 0.3) is 0 Å². The third-order valence-corrected chi connectivity index (χ3v) is 9.82. The second-order valence-corrected chi connectivity index (χ2v) is 13.3. The van der Waals surface area contributed by atoms with Crippen LogP contribution >= 0.6 is 11.6 Å². The zero-order valence-electron chi connectivity index (χ0n) is 28.3. The molecule has 18 nitrogen and oxygen atoms in total. The molecule has 9 N–H and O–H groups in total. The van der Waals surface area contributed by atoms with Gasteiger partial charge in [0.05, 0.1) is 11.0 Å². The molecule has 7 amide bonds. The van der Waals surface area contributed by atoms with Gasteiger partial charge in [-0.15, -0.1) is 0 Å². The zero-order chi connectivity index (χ0) is 39.9. The normalized spacial score (nSPS) is 17.7. The summed E-state index contributed by atoms with van der Waals surface area (Å²) in [4.78, 5) is 69.0. The number of anilines is 1. The Balaban J connectivity index is 1.15. The predicted octanol–water partition coefficient (Wildman–Crippen LogP) is 2.46. The van der Waals surface area contributed by atoms with E-state index in [0.29, 0.717) is 18.9 Å². The van der Waals surface area contributed by atoms with Gasteiger partial charge in [0.2, 0.25) is 5.91 Å². The maximum atomic E-state index is 14.7. The highest BCUT2D eigenvalue weighted by atomic mass is 35.5. The number of carboxylic acid groups (broad SMARTS) is 1. The third kappa shape index (κ3) is 7.74. The number of hydrogen-bond donors (Lipinski definition) is 9. The summed E-state index contributed by atoms with van der Waals surface area (Å²) in [5.74, 6) is -10.1. The van der Waals surface area contributed by atoms with Crippen LogP contribution in [0.4, 0.5) is 28.9 Å². The molecule has 6 rings (SSSR count). The van der Waals surface area contributed by atoms with Gasteiger partial charge in [-0.2, -0.15) is 0 Å². The highest BCUT2D eigenvalue weighted by Crippen LogP contribution is 2.41. The SMILES string of the molecule is O=C(O)c1c(F)ccc2c1OB(O)[C@@H](NC(=O)C(NC(=O)N1CCN(C3CCN(C(=O)Nc4cc(O)cc(O)c4)CC3)C1=O)c1cc(F)c(O)c(O)c1Cl)C2. The summed E-state index contributed by atoms with van der Waals surface area (Å²) in [5, 5.41) is 66.1. The minimum Gasteiger partial charge on any atom is -0.534 e. The molecule has 55 heavy (non-hydrogen) atoms. The van der Waals surface area contributed by atoms with E-state index >= 15 is 0 Å². The van der Waals surface area contributed by atoms with Crippen LogP contribution in [0.2, 0.25) is 5.02 Å². The molecular formula is C33H32BClF2N6O12. The Labute approximate surface area is 314 Å². The number of nitrogens with zero attached hydrogens (tertiary/aromatic N) is 3. The number of aromatic hydroxyl groups is 4. The van der Waals surface area contributed by atoms with Gasteiger partial charge in [-0.25, -0.2) is 32.9 Å². The summed E-state index contributed by atoms with van der Waals surface area (Å²) in [6.07, 6.45) is 0.343. The number of aromatic carboxylic acids is 1. The first kappa shape index (κ1) is 38.5. The number of hydrogen-bond acceptors (Lipinski definition) is 11. The Morgan fingerprint density at radius 3 is 2.24 bits per heavy atom. The Morgan fingerprint density at radius 1 is 0.909 bits per heavy atom. The summed E-state index contributed by atoms with van der Waals surface area (Å²) in [6.45, 7) is 0.337. The lowest BCUT2D eigenvalue weighted by molar-refractivity contribution is -0.123. The van der Waals surface area contributed by atoms with Crippen LogP contribution < -0.4 is 20.6 Å². The fourth-order valence-corrected chi connectivity index (χ4v) is 6.93. The highest BCUT2D eigenvalue weighted by molar-refractivity contribution is 6.47. The minimum absolute atomic E-state index is 0.0713. The summed E-state index contributed by atoms with van der Waals surface area (Å²) in [5.41, 5.74) is -1.15. The number of carbonyl (C=O) groups excluding carboxylic acids is 4. The van der Waals surface area contributed by atoms with Crippen molar-refractivity contribution in [1.82, 2.24) is 25.3 Å². The number of halogens is 3. The second-order valence-electron chi connectivity index (χ2n) is 12.9. The van der Waals surface area contributed by atoms with E-state index in [-0.39, 0.29) is 55.3 Å². The number of carboxylic acids is 1. The van der Waals surface area contributed by atoms with Gasteiger partial charge >= 0.3 is 31.2 Å². The van der Waals surface area contributed by atoms with Crippen LogP contribution in [0.5, 0.6) is 28.7 Å². The molecule has 2 saturated heterocycles. The van der Waals surface area contributed by atoms with E-state index in [0.717, 1.165) is 17.0 Å². The van der Waals surface area contributed by atoms with Gasteiger partial charge < -0.3 is 61.0 Å². The summed E-state index contributed by atoms with van der Waals surface area (Å²) >= 11 is 6.18. The maximum absolute atomic E-state index is 14.7. The van der Waals surface area contributed by atoms with Crippen molar-refractivity contribution in [3.05, 3.63) is 69.7 Å². The van der Waals surface area contributed by atoms with Crippen molar-refractivity contribution in [3.63, 3.8) is 0 Å². The molecule has 3 aromatic carbocycles. The van der Waals surface area contributed by atoms with Crippen LogP contribution in [0.3, 0.4) is 0 Å². The van der Waals surface area contributed by atoms with Crippen molar-refractivity contribution in [2.75, 3.05) is 31.5 Å². The average molecular weight is 789 g/mol. The number of rotatable bonds is 7. The van der Waals surface area contributed by atoms with Gasteiger partial charge in [0.1, 0.15) is 34.7 Å². The van der Waals surface area contributed by atoms with Gasteiger partial charge in [0, 0.05) is 61.7 Å². The molecule has 3 aliphatic rings. The third-order valence-electron chi connectivity index (χ3n) is 9.42. The van der Waals surface area contributed by atoms with Gasteiger partial charge in [-0.3, -0.25) is 4.79 Å². The summed E-state index contributed by atoms with van der Waals surface area (Å²) in [7, 11) is -1.94. The number of benzene rings is 3. The topological polar surface area (TPSA) is 262 Å². The number of imide groups is 1. The first-order chi connectivity index (χ1) is 26.0. The van der Waals surface area contributed by atoms with Crippen molar-refractivity contribution in [2.24, 2.45) is 0 Å². The lowest BCUT2D eigenvalue weighted by atomic mass is 9.72. The maximum Gasteiger partial charge on any atom is 0.547 e. The van der Waals surface area contributed by atoms with Crippen molar-refractivity contribution in [1.29, 1.82) is 0 Å². The Bertz CT molecular complexity index is 2070. The van der Waals surface area contributed by atoms with E-state index < -0.39 is 100 Å². The zero-order valence-corrected chi connectivity index (χ0v) is 29.1. The number of likely N-dealkylation sites (tertiary alicyclic amines) is 1. The van der Waals surface area contributed by atoms with Gasteiger partial charge in [-0.05, 0) is 37.0 Å². The van der Waals surface area contributed by atoms with Gasteiger partial charge in [0.25, 0.3) is 0 Å². The molecule has 0 spiro atoms. The monoisotopic (exact) mass is 788 g/mol. The fraction of sp³-hybridized carbons (Fsp3) is 0.303. The molecule has 22 heteroatoms. The van der Waals surface area contributed by atoms with Crippen molar-refractivity contribution in [3.8, 4) is 28.7 Å². The van der Waals surface area contributed by atoms with E-state index in [1.54, 1.807) is 0 Å². The number of piperidine rings is 1. The van der Waals surface area contributed by atoms with Crippen LogP contribution in [0.15, 0.2) is 36.4 Å². The summed E-state index contributed by atoms with van der Waals surface area (Å²) < 4.78 is 34.2. The Kier molecular flexibility index (Phi) is 10.7. The number of amides is 7. The first-order valence-corrected chi connectivity index (χ1v) is 17.0.